The third-order valence-corrected chi connectivity index (χ3v) is 6.08. The second-order valence-corrected chi connectivity index (χ2v) is 10.5. The molecule has 1 aliphatic carbocycles. The van der Waals surface area contributed by atoms with Crippen LogP contribution in [0.5, 0.6) is 0 Å². The summed E-state index contributed by atoms with van der Waals surface area (Å²) < 4.78 is 0. The molecule has 0 radical (unpaired) electrons. The van der Waals surface area contributed by atoms with Crippen molar-refractivity contribution >= 4 is 34.3 Å². The lowest BCUT2D eigenvalue weighted by Crippen LogP contribution is -2.54. The van der Waals surface area contributed by atoms with Gasteiger partial charge in [0.05, 0.1) is 0 Å². The standard InChI is InChI=1S/C19H29N5O3S/c1-11(2)6-14-22-23-16(28-14)20-13(25)9-24-15(26)19(21-17(24)27)8-12(3)7-18(4,5)10-19/h11-12H,6-10H2,1-5H3,(H,21,27)(H,20,23,25)/t12-,19-/m1/s1. The molecule has 2 heterocycles. The van der Waals surface area contributed by atoms with Crippen LogP contribution in [0.25, 0.3) is 0 Å². The van der Waals surface area contributed by atoms with Crippen molar-refractivity contribution in [3.8, 4) is 0 Å². The van der Waals surface area contributed by atoms with Crippen molar-refractivity contribution < 1.29 is 14.4 Å². The summed E-state index contributed by atoms with van der Waals surface area (Å²) in [5.74, 6) is 0.0178. The molecule has 0 aromatic carbocycles. The Labute approximate surface area is 169 Å². The van der Waals surface area contributed by atoms with Gasteiger partial charge in [0.1, 0.15) is 17.1 Å². The Morgan fingerprint density at radius 1 is 1.32 bits per heavy atom. The van der Waals surface area contributed by atoms with Crippen LogP contribution in [0, 0.1) is 17.3 Å². The first-order valence-electron chi connectivity index (χ1n) is 9.76. The fraction of sp³-hybridized carbons (Fsp3) is 0.737. The topological polar surface area (TPSA) is 104 Å². The second-order valence-electron chi connectivity index (χ2n) is 9.41. The van der Waals surface area contributed by atoms with Crippen LogP contribution in [-0.4, -0.2) is 45.0 Å². The molecule has 2 fully saturated rings. The number of hydrogen-bond acceptors (Lipinski definition) is 6. The van der Waals surface area contributed by atoms with E-state index >= 15 is 0 Å². The number of urea groups is 1. The summed E-state index contributed by atoms with van der Waals surface area (Å²) in [4.78, 5) is 39.0. The van der Waals surface area contributed by atoms with E-state index in [4.69, 9.17) is 0 Å². The first-order chi connectivity index (χ1) is 13.0. The Morgan fingerprint density at radius 2 is 2.04 bits per heavy atom. The van der Waals surface area contributed by atoms with Crippen LogP contribution in [0.4, 0.5) is 9.93 Å². The average Bonchev–Trinajstić information content (AvgIpc) is 3.03. The van der Waals surface area contributed by atoms with Gasteiger partial charge in [0, 0.05) is 6.42 Å². The SMILES string of the molecule is CC(C)Cc1nnc(NC(=O)CN2C(=O)N[C@@]3(C[C@H](C)CC(C)(C)C3)C2=O)s1. The van der Waals surface area contributed by atoms with Gasteiger partial charge < -0.3 is 5.32 Å². The molecule has 2 aliphatic rings. The zero-order valence-corrected chi connectivity index (χ0v) is 18.0. The van der Waals surface area contributed by atoms with E-state index < -0.39 is 17.5 Å². The van der Waals surface area contributed by atoms with E-state index in [2.05, 4.69) is 55.4 Å². The van der Waals surface area contributed by atoms with Gasteiger partial charge in [0.2, 0.25) is 11.0 Å². The summed E-state index contributed by atoms with van der Waals surface area (Å²) in [6.45, 7) is 10.2. The first-order valence-corrected chi connectivity index (χ1v) is 10.6. The Hall–Kier alpha value is -2.03. The van der Waals surface area contributed by atoms with Crippen molar-refractivity contribution in [2.75, 3.05) is 11.9 Å². The molecule has 0 unspecified atom stereocenters. The summed E-state index contributed by atoms with van der Waals surface area (Å²) in [7, 11) is 0. The number of nitrogens with zero attached hydrogens (tertiary/aromatic N) is 3. The van der Waals surface area contributed by atoms with Gasteiger partial charge >= 0.3 is 6.03 Å². The van der Waals surface area contributed by atoms with Gasteiger partial charge in [0.15, 0.2) is 0 Å². The molecule has 2 atom stereocenters. The summed E-state index contributed by atoms with van der Waals surface area (Å²) in [5.41, 5.74) is -0.941. The predicted octanol–water partition coefficient (Wildman–Crippen LogP) is 2.81. The van der Waals surface area contributed by atoms with E-state index in [0.29, 0.717) is 29.8 Å². The van der Waals surface area contributed by atoms with Gasteiger partial charge in [-0.3, -0.25) is 19.8 Å². The largest absolute Gasteiger partial charge is 0.325 e. The Kier molecular flexibility index (Phi) is 5.49. The van der Waals surface area contributed by atoms with E-state index in [1.54, 1.807) is 0 Å². The minimum atomic E-state index is -0.897. The highest BCUT2D eigenvalue weighted by atomic mass is 32.1. The molecular weight excluding hydrogens is 378 g/mol. The lowest BCUT2D eigenvalue weighted by Gasteiger charge is -2.43. The number of amides is 4. The lowest BCUT2D eigenvalue weighted by molar-refractivity contribution is -0.136. The predicted molar refractivity (Wildman–Crippen MR) is 107 cm³/mol. The van der Waals surface area contributed by atoms with Crippen molar-refractivity contribution in [2.45, 2.75) is 65.8 Å². The van der Waals surface area contributed by atoms with E-state index in [1.165, 1.54) is 11.3 Å². The molecular formula is C19H29N5O3S. The molecule has 1 saturated carbocycles. The molecule has 1 aromatic heterocycles. The van der Waals surface area contributed by atoms with E-state index in [0.717, 1.165) is 22.7 Å². The molecule has 3 rings (SSSR count). The lowest BCUT2D eigenvalue weighted by atomic mass is 9.64. The van der Waals surface area contributed by atoms with Crippen LogP contribution in [-0.2, 0) is 16.0 Å². The first kappa shape index (κ1) is 20.7. The number of anilines is 1. The van der Waals surface area contributed by atoms with Crippen LogP contribution >= 0.6 is 11.3 Å². The van der Waals surface area contributed by atoms with Crippen molar-refractivity contribution in [2.24, 2.45) is 17.3 Å². The number of hydrogen-bond donors (Lipinski definition) is 2. The van der Waals surface area contributed by atoms with Gasteiger partial charge in [-0.1, -0.05) is 46.0 Å². The Bertz CT molecular complexity index is 790. The number of rotatable bonds is 5. The van der Waals surface area contributed by atoms with Gasteiger partial charge in [-0.15, -0.1) is 10.2 Å². The van der Waals surface area contributed by atoms with Gasteiger partial charge in [0.25, 0.3) is 5.91 Å². The Balaban J connectivity index is 1.66. The number of imide groups is 1. The monoisotopic (exact) mass is 407 g/mol. The van der Waals surface area contributed by atoms with Crippen LogP contribution in [0.3, 0.4) is 0 Å². The van der Waals surface area contributed by atoms with E-state index in [9.17, 15) is 14.4 Å². The van der Waals surface area contributed by atoms with Gasteiger partial charge in [-0.05, 0) is 36.5 Å². The number of carbonyl (C=O) groups excluding carboxylic acids is 3. The molecule has 2 N–H and O–H groups in total. The normalized spacial score (nSPS) is 26.8. The minimum Gasteiger partial charge on any atom is -0.323 e. The smallest absolute Gasteiger partial charge is 0.323 e. The third kappa shape index (κ3) is 4.34. The van der Waals surface area contributed by atoms with Crippen LogP contribution in [0.1, 0.15) is 58.9 Å². The van der Waals surface area contributed by atoms with Crippen molar-refractivity contribution in [3.63, 3.8) is 0 Å². The third-order valence-electron chi connectivity index (χ3n) is 5.22. The molecule has 154 valence electrons. The fourth-order valence-corrected chi connectivity index (χ4v) is 5.66. The summed E-state index contributed by atoms with van der Waals surface area (Å²) in [6, 6.07) is -0.497. The maximum absolute atomic E-state index is 13.1. The molecule has 8 nitrogen and oxygen atoms in total. The summed E-state index contributed by atoms with van der Waals surface area (Å²) >= 11 is 1.31. The van der Waals surface area contributed by atoms with Crippen LogP contribution in [0.2, 0.25) is 0 Å². The quantitative estimate of drug-likeness (QED) is 0.731. The highest BCUT2D eigenvalue weighted by Gasteiger charge is 2.56. The highest BCUT2D eigenvalue weighted by molar-refractivity contribution is 7.15. The van der Waals surface area contributed by atoms with E-state index in [-0.39, 0.29) is 17.9 Å². The molecule has 1 spiro atoms. The van der Waals surface area contributed by atoms with Crippen molar-refractivity contribution in [3.05, 3.63) is 5.01 Å². The number of carbonyl (C=O) groups is 3. The second kappa shape index (κ2) is 7.42. The van der Waals surface area contributed by atoms with Gasteiger partial charge in [-0.25, -0.2) is 4.79 Å². The van der Waals surface area contributed by atoms with Gasteiger partial charge in [-0.2, -0.15) is 0 Å². The molecule has 28 heavy (non-hydrogen) atoms. The fourth-order valence-electron chi connectivity index (χ4n) is 4.69. The molecule has 0 bridgehead atoms. The molecule has 4 amide bonds. The molecule has 1 aliphatic heterocycles. The highest BCUT2D eigenvalue weighted by Crippen LogP contribution is 2.46. The van der Waals surface area contributed by atoms with Crippen molar-refractivity contribution in [1.29, 1.82) is 0 Å². The number of aromatic nitrogens is 2. The summed E-state index contributed by atoms with van der Waals surface area (Å²) in [6.07, 6.45) is 2.99. The van der Waals surface area contributed by atoms with Crippen LogP contribution < -0.4 is 10.6 Å². The minimum absolute atomic E-state index is 0.0434. The summed E-state index contributed by atoms with van der Waals surface area (Å²) in [5, 5.41) is 14.8. The Morgan fingerprint density at radius 3 is 2.68 bits per heavy atom. The molecule has 1 saturated heterocycles. The van der Waals surface area contributed by atoms with Crippen LogP contribution in [0.15, 0.2) is 0 Å². The maximum Gasteiger partial charge on any atom is 0.325 e. The molecule has 1 aromatic rings. The molecule has 9 heteroatoms. The maximum atomic E-state index is 13.1. The van der Waals surface area contributed by atoms with Crippen molar-refractivity contribution in [1.82, 2.24) is 20.4 Å². The van der Waals surface area contributed by atoms with E-state index in [1.807, 2.05) is 0 Å². The number of nitrogens with one attached hydrogen (secondary N) is 2. The zero-order chi connectivity index (χ0) is 20.7. The zero-order valence-electron chi connectivity index (χ0n) is 17.2. The average molecular weight is 408 g/mol.